The first-order valence-electron chi connectivity index (χ1n) is 9.52. The van der Waals surface area contributed by atoms with Crippen LogP contribution in [0.5, 0.6) is 0 Å². The molecule has 5 rings (SSSR count). The van der Waals surface area contributed by atoms with E-state index in [2.05, 4.69) is 64.4 Å². The number of nitrogens with one attached hydrogen (secondary N) is 2. The molecule has 1 aliphatic rings. The van der Waals surface area contributed by atoms with Gasteiger partial charge in [-0.15, -0.1) is 0 Å². The SMILES string of the molecule is [CH](c1cc(-c2cn[nH]c2)cc2ccoc12)[C@H]1CCCN[C@@H]1c1ccccc1. The first-order valence-corrected chi connectivity index (χ1v) is 9.52. The summed E-state index contributed by atoms with van der Waals surface area (Å²) < 4.78 is 5.83. The summed E-state index contributed by atoms with van der Waals surface area (Å²) >= 11 is 0. The van der Waals surface area contributed by atoms with Gasteiger partial charge in [0.15, 0.2) is 0 Å². The van der Waals surface area contributed by atoms with E-state index in [9.17, 15) is 0 Å². The van der Waals surface area contributed by atoms with E-state index < -0.39 is 0 Å². The third kappa shape index (κ3) is 3.17. The number of nitrogens with zero attached hydrogens (tertiary/aromatic N) is 1. The minimum atomic E-state index is 0.336. The molecule has 0 spiro atoms. The molecule has 0 saturated carbocycles. The van der Waals surface area contributed by atoms with E-state index in [-0.39, 0.29) is 0 Å². The van der Waals surface area contributed by atoms with Crippen LogP contribution in [0.25, 0.3) is 22.1 Å². The van der Waals surface area contributed by atoms with Crippen molar-refractivity contribution in [3.8, 4) is 11.1 Å². The molecule has 4 aromatic rings. The number of rotatable bonds is 4. The Labute approximate surface area is 158 Å². The third-order valence-corrected chi connectivity index (χ3v) is 5.47. The van der Waals surface area contributed by atoms with Gasteiger partial charge in [0.2, 0.25) is 0 Å². The topological polar surface area (TPSA) is 53.9 Å². The maximum absolute atomic E-state index is 5.83. The van der Waals surface area contributed by atoms with Gasteiger partial charge >= 0.3 is 0 Å². The third-order valence-electron chi connectivity index (χ3n) is 5.47. The molecule has 1 aliphatic heterocycles. The van der Waals surface area contributed by atoms with Gasteiger partial charge < -0.3 is 9.73 Å². The highest BCUT2D eigenvalue weighted by Gasteiger charge is 2.27. The van der Waals surface area contributed by atoms with Crippen LogP contribution in [0.1, 0.15) is 30.0 Å². The molecule has 2 aromatic carbocycles. The lowest BCUT2D eigenvalue weighted by molar-refractivity contribution is 0.321. The van der Waals surface area contributed by atoms with Crippen LogP contribution in [-0.4, -0.2) is 16.7 Å². The molecule has 0 bridgehead atoms. The summed E-state index contributed by atoms with van der Waals surface area (Å²) in [5.74, 6) is 0.425. The minimum Gasteiger partial charge on any atom is -0.464 e. The molecule has 0 aliphatic carbocycles. The second-order valence-corrected chi connectivity index (χ2v) is 7.21. The van der Waals surface area contributed by atoms with E-state index in [1.165, 1.54) is 18.4 Å². The van der Waals surface area contributed by atoms with Crippen molar-refractivity contribution >= 4 is 11.0 Å². The fourth-order valence-corrected chi connectivity index (χ4v) is 4.16. The summed E-state index contributed by atoms with van der Waals surface area (Å²) in [4.78, 5) is 0. The van der Waals surface area contributed by atoms with Gasteiger partial charge in [0.25, 0.3) is 0 Å². The van der Waals surface area contributed by atoms with E-state index >= 15 is 0 Å². The highest BCUT2D eigenvalue weighted by atomic mass is 16.3. The highest BCUT2D eigenvalue weighted by molar-refractivity contribution is 5.87. The lowest BCUT2D eigenvalue weighted by Crippen LogP contribution is -2.34. The maximum Gasteiger partial charge on any atom is 0.137 e. The second kappa shape index (κ2) is 7.05. The summed E-state index contributed by atoms with van der Waals surface area (Å²) in [6.45, 7) is 1.06. The Hall–Kier alpha value is -2.85. The number of aromatic amines is 1. The molecule has 1 radical (unpaired) electrons. The van der Waals surface area contributed by atoms with Gasteiger partial charge in [-0.1, -0.05) is 30.3 Å². The van der Waals surface area contributed by atoms with Crippen molar-refractivity contribution in [1.29, 1.82) is 0 Å². The molecule has 0 amide bonds. The molecular weight excluding hydrogens is 334 g/mol. The predicted octanol–water partition coefficient (Wildman–Crippen LogP) is 5.12. The zero-order valence-corrected chi connectivity index (χ0v) is 15.1. The fourth-order valence-electron chi connectivity index (χ4n) is 4.16. The number of aromatic nitrogens is 2. The van der Waals surface area contributed by atoms with Crippen molar-refractivity contribution in [1.82, 2.24) is 15.5 Å². The van der Waals surface area contributed by atoms with Gasteiger partial charge in [-0.3, -0.25) is 5.10 Å². The fraction of sp³-hybridized carbons (Fsp3) is 0.217. The first-order chi connectivity index (χ1) is 13.4. The molecule has 0 unspecified atom stereocenters. The van der Waals surface area contributed by atoms with Crippen molar-refractivity contribution < 1.29 is 4.42 Å². The van der Waals surface area contributed by atoms with Crippen molar-refractivity contribution in [3.63, 3.8) is 0 Å². The van der Waals surface area contributed by atoms with Gasteiger partial charge in [0.05, 0.1) is 12.5 Å². The minimum absolute atomic E-state index is 0.336. The molecule has 2 atom stereocenters. The van der Waals surface area contributed by atoms with Crippen LogP contribution in [0.3, 0.4) is 0 Å². The van der Waals surface area contributed by atoms with Crippen LogP contribution < -0.4 is 5.32 Å². The standard InChI is InChI=1S/C23H22N3O/c1-2-5-16(6-3-1)22-17(7-4-9-24-22)11-20-13-19(21-14-25-26-15-21)12-18-8-10-27-23(18)20/h1-3,5-6,8,10-15,17,22,24H,4,7,9H2,(H,25,26)/t17-,22-/m1/s1. The van der Waals surface area contributed by atoms with Gasteiger partial charge in [0, 0.05) is 28.8 Å². The lowest BCUT2D eigenvalue weighted by Gasteiger charge is -2.33. The summed E-state index contributed by atoms with van der Waals surface area (Å²) in [6, 6.07) is 17.5. The van der Waals surface area contributed by atoms with E-state index in [4.69, 9.17) is 4.42 Å². The molecule has 2 N–H and O–H groups in total. The van der Waals surface area contributed by atoms with Crippen LogP contribution in [0.4, 0.5) is 0 Å². The molecule has 27 heavy (non-hydrogen) atoms. The lowest BCUT2D eigenvalue weighted by atomic mass is 9.81. The van der Waals surface area contributed by atoms with Crippen LogP contribution in [0, 0.1) is 12.3 Å². The summed E-state index contributed by atoms with van der Waals surface area (Å²) in [5.41, 5.74) is 5.71. The predicted molar refractivity (Wildman–Crippen MR) is 107 cm³/mol. The average Bonchev–Trinajstić information content (AvgIpc) is 3.41. The Morgan fingerprint density at radius 2 is 2.00 bits per heavy atom. The monoisotopic (exact) mass is 356 g/mol. The number of fused-ring (bicyclic) bond motifs is 1. The van der Waals surface area contributed by atoms with Crippen LogP contribution in [-0.2, 0) is 0 Å². The second-order valence-electron chi connectivity index (χ2n) is 7.21. The molecular formula is C23H22N3O. The van der Waals surface area contributed by atoms with Gasteiger partial charge in [-0.2, -0.15) is 5.10 Å². The Balaban J connectivity index is 1.52. The molecule has 3 heterocycles. The van der Waals surface area contributed by atoms with Crippen molar-refractivity contribution in [2.24, 2.45) is 5.92 Å². The van der Waals surface area contributed by atoms with Crippen molar-refractivity contribution in [3.05, 3.63) is 84.7 Å². The normalized spacial score (nSPS) is 20.1. The van der Waals surface area contributed by atoms with E-state index in [0.717, 1.165) is 34.2 Å². The number of benzene rings is 2. The number of hydrogen-bond donors (Lipinski definition) is 2. The van der Waals surface area contributed by atoms with Crippen LogP contribution >= 0.6 is 0 Å². The van der Waals surface area contributed by atoms with Crippen molar-refractivity contribution in [2.75, 3.05) is 6.54 Å². The Bertz CT molecular complexity index is 1020. The Kier molecular flexibility index (Phi) is 4.26. The van der Waals surface area contributed by atoms with E-state index in [1.54, 1.807) is 6.26 Å². The number of furan rings is 1. The zero-order chi connectivity index (χ0) is 18.1. The number of piperidine rings is 1. The van der Waals surface area contributed by atoms with Crippen LogP contribution in [0.2, 0.25) is 0 Å². The molecule has 4 heteroatoms. The average molecular weight is 356 g/mol. The first kappa shape index (κ1) is 16.3. The highest BCUT2D eigenvalue weighted by Crippen LogP contribution is 2.37. The van der Waals surface area contributed by atoms with Gasteiger partial charge in [-0.25, -0.2) is 0 Å². The molecule has 4 nitrogen and oxygen atoms in total. The van der Waals surface area contributed by atoms with E-state index in [1.807, 2.05) is 18.5 Å². The number of H-pyrrole nitrogens is 1. The molecule has 2 aromatic heterocycles. The largest absolute Gasteiger partial charge is 0.464 e. The molecule has 135 valence electrons. The summed E-state index contributed by atoms with van der Waals surface area (Å²) in [5, 5.41) is 11.8. The maximum atomic E-state index is 5.83. The summed E-state index contributed by atoms with van der Waals surface area (Å²) in [6.07, 6.45) is 10.3. The van der Waals surface area contributed by atoms with Gasteiger partial charge in [0.1, 0.15) is 5.58 Å². The van der Waals surface area contributed by atoms with Gasteiger partial charge in [-0.05, 0) is 61.1 Å². The van der Waals surface area contributed by atoms with E-state index in [0.29, 0.717) is 12.0 Å². The summed E-state index contributed by atoms with van der Waals surface area (Å²) in [7, 11) is 0. The molecule has 1 saturated heterocycles. The van der Waals surface area contributed by atoms with Crippen molar-refractivity contribution in [2.45, 2.75) is 18.9 Å². The number of hydrogen-bond acceptors (Lipinski definition) is 3. The Morgan fingerprint density at radius 1 is 1.07 bits per heavy atom. The zero-order valence-electron chi connectivity index (χ0n) is 15.1. The van der Waals surface area contributed by atoms with Crippen LogP contribution in [0.15, 0.2) is 71.6 Å². The quantitative estimate of drug-likeness (QED) is 0.534. The smallest absolute Gasteiger partial charge is 0.137 e. The molecule has 1 fully saturated rings. The Morgan fingerprint density at radius 3 is 2.85 bits per heavy atom.